The smallest absolute Gasteiger partial charge is 0.250 e. The van der Waals surface area contributed by atoms with E-state index in [1.54, 1.807) is 12.0 Å². The Kier molecular flexibility index (Phi) is 7.40. The number of nitrogens with zero attached hydrogens (tertiary/aromatic N) is 2. The molecule has 0 aromatic heterocycles. The first-order valence-corrected chi connectivity index (χ1v) is 11.0. The summed E-state index contributed by atoms with van der Waals surface area (Å²) in [5, 5.41) is 0. The maximum atomic E-state index is 13.6. The van der Waals surface area contributed by atoms with Crippen molar-refractivity contribution in [2.45, 2.75) is 70.9 Å². The van der Waals surface area contributed by atoms with Gasteiger partial charge in [-0.25, -0.2) is 0 Å². The Bertz CT molecular complexity index is 715. The number of ether oxygens (including phenoxy) is 2. The lowest BCUT2D eigenvalue weighted by Gasteiger charge is -2.44. The van der Waals surface area contributed by atoms with Gasteiger partial charge in [0.05, 0.1) is 13.7 Å². The van der Waals surface area contributed by atoms with E-state index in [0.29, 0.717) is 24.7 Å². The number of hydrogen-bond acceptors (Lipinski definition) is 4. The molecule has 1 saturated carbocycles. The first-order valence-electron chi connectivity index (χ1n) is 11.0. The highest BCUT2D eigenvalue weighted by Crippen LogP contribution is 2.36. The van der Waals surface area contributed by atoms with Crippen LogP contribution in [0.3, 0.4) is 0 Å². The van der Waals surface area contributed by atoms with Crippen LogP contribution in [0.5, 0.6) is 11.5 Å². The average molecular weight is 403 g/mol. The molecule has 0 unspecified atom stereocenters. The molecule has 2 aliphatic rings. The summed E-state index contributed by atoms with van der Waals surface area (Å²) in [7, 11) is 1.60. The molecular weight excluding hydrogens is 368 g/mol. The molecule has 160 valence electrons. The summed E-state index contributed by atoms with van der Waals surface area (Å²) in [6, 6.07) is 5.20. The summed E-state index contributed by atoms with van der Waals surface area (Å²) >= 11 is 0. The lowest BCUT2D eigenvalue weighted by atomic mass is 9.91. The summed E-state index contributed by atoms with van der Waals surface area (Å²) in [5.41, 5.74) is 0.790. The highest BCUT2D eigenvalue weighted by Gasteiger charge is 2.42. The van der Waals surface area contributed by atoms with Crippen molar-refractivity contribution >= 4 is 11.8 Å². The van der Waals surface area contributed by atoms with Crippen molar-refractivity contribution in [3.8, 4) is 11.5 Å². The minimum Gasteiger partial charge on any atom is -0.493 e. The van der Waals surface area contributed by atoms with Gasteiger partial charge in [-0.1, -0.05) is 39.2 Å². The molecule has 2 fully saturated rings. The molecule has 3 rings (SSSR count). The molecule has 0 N–H and O–H groups in total. The molecule has 1 aromatic rings. The molecule has 2 amide bonds. The van der Waals surface area contributed by atoms with E-state index in [2.05, 4.69) is 6.92 Å². The van der Waals surface area contributed by atoms with Crippen molar-refractivity contribution in [2.24, 2.45) is 0 Å². The lowest BCUT2D eigenvalue weighted by molar-refractivity contribution is -0.159. The van der Waals surface area contributed by atoms with Crippen LogP contribution in [0.1, 0.15) is 70.4 Å². The number of hydrogen-bond donors (Lipinski definition) is 0. The third kappa shape index (κ3) is 4.68. The Hall–Kier alpha value is -2.24. The van der Waals surface area contributed by atoms with E-state index >= 15 is 0 Å². The third-order valence-corrected chi connectivity index (χ3v) is 5.90. The quantitative estimate of drug-likeness (QED) is 0.661. The number of amides is 2. The van der Waals surface area contributed by atoms with Crippen LogP contribution in [0.4, 0.5) is 0 Å². The van der Waals surface area contributed by atoms with Crippen LogP contribution in [0, 0.1) is 0 Å². The fourth-order valence-corrected chi connectivity index (χ4v) is 4.45. The van der Waals surface area contributed by atoms with E-state index in [4.69, 9.17) is 9.47 Å². The monoisotopic (exact) mass is 402 g/mol. The predicted molar refractivity (Wildman–Crippen MR) is 112 cm³/mol. The fourth-order valence-electron chi connectivity index (χ4n) is 4.45. The van der Waals surface area contributed by atoms with Gasteiger partial charge in [-0.05, 0) is 43.4 Å². The zero-order valence-electron chi connectivity index (χ0n) is 18.0. The van der Waals surface area contributed by atoms with Crippen LogP contribution in [0.25, 0.3) is 0 Å². The van der Waals surface area contributed by atoms with Crippen molar-refractivity contribution in [2.75, 3.05) is 26.8 Å². The van der Waals surface area contributed by atoms with Crippen molar-refractivity contribution in [3.63, 3.8) is 0 Å². The molecule has 0 bridgehead atoms. The number of benzene rings is 1. The van der Waals surface area contributed by atoms with Crippen LogP contribution in [0.2, 0.25) is 0 Å². The molecule has 6 nitrogen and oxygen atoms in total. The fraction of sp³-hybridized carbons (Fsp3) is 0.652. The van der Waals surface area contributed by atoms with E-state index in [0.717, 1.165) is 44.1 Å². The standard InChI is InChI=1S/C23H34N2O4/c1-4-13-24-21(26)16-25(18-9-7-6-8-10-18)23(27)22(24)17-11-12-19(29-14-5-2)20(15-17)28-3/h11-12,15,18,22H,4-10,13-14,16H2,1-3H3/t22-/m0/s1. The van der Waals surface area contributed by atoms with E-state index in [9.17, 15) is 9.59 Å². The molecule has 29 heavy (non-hydrogen) atoms. The molecule has 1 aromatic carbocycles. The van der Waals surface area contributed by atoms with Gasteiger partial charge in [0.25, 0.3) is 5.91 Å². The average Bonchev–Trinajstić information content (AvgIpc) is 2.75. The number of carbonyl (C=O) groups excluding carboxylic acids is 2. The van der Waals surface area contributed by atoms with Crippen molar-refractivity contribution in [3.05, 3.63) is 23.8 Å². The maximum Gasteiger partial charge on any atom is 0.250 e. The summed E-state index contributed by atoms with van der Waals surface area (Å²) in [4.78, 5) is 30.2. The number of methoxy groups -OCH3 is 1. The molecule has 0 radical (unpaired) electrons. The molecule has 0 spiro atoms. The summed E-state index contributed by atoms with van der Waals surface area (Å²) in [6.07, 6.45) is 7.18. The van der Waals surface area contributed by atoms with Gasteiger partial charge in [0.1, 0.15) is 12.6 Å². The second-order valence-corrected chi connectivity index (χ2v) is 8.01. The Morgan fingerprint density at radius 2 is 1.79 bits per heavy atom. The summed E-state index contributed by atoms with van der Waals surface area (Å²) in [6.45, 7) is 5.47. The molecule has 6 heteroatoms. The van der Waals surface area contributed by atoms with Crippen molar-refractivity contribution < 1.29 is 19.1 Å². The van der Waals surface area contributed by atoms with Crippen LogP contribution in [-0.2, 0) is 9.59 Å². The van der Waals surface area contributed by atoms with E-state index < -0.39 is 6.04 Å². The van der Waals surface area contributed by atoms with Gasteiger partial charge >= 0.3 is 0 Å². The van der Waals surface area contributed by atoms with Gasteiger partial charge in [-0.15, -0.1) is 0 Å². The van der Waals surface area contributed by atoms with Gasteiger partial charge in [0.2, 0.25) is 5.91 Å². The van der Waals surface area contributed by atoms with Crippen LogP contribution < -0.4 is 9.47 Å². The molecule has 1 atom stereocenters. The highest BCUT2D eigenvalue weighted by molar-refractivity contribution is 5.96. The Morgan fingerprint density at radius 1 is 1.03 bits per heavy atom. The zero-order chi connectivity index (χ0) is 20.8. The van der Waals surface area contributed by atoms with Crippen molar-refractivity contribution in [1.29, 1.82) is 0 Å². The summed E-state index contributed by atoms with van der Waals surface area (Å²) in [5.74, 6) is 1.34. The first kappa shape index (κ1) is 21.5. The number of carbonyl (C=O) groups is 2. The third-order valence-electron chi connectivity index (χ3n) is 5.90. The molecule has 1 heterocycles. The molecule has 1 aliphatic heterocycles. The maximum absolute atomic E-state index is 13.6. The van der Waals surface area contributed by atoms with Gasteiger partial charge in [-0.2, -0.15) is 0 Å². The van der Waals surface area contributed by atoms with Gasteiger partial charge in [-0.3, -0.25) is 9.59 Å². The molecule has 1 saturated heterocycles. The second-order valence-electron chi connectivity index (χ2n) is 8.01. The van der Waals surface area contributed by atoms with Gasteiger partial charge < -0.3 is 19.3 Å². The minimum atomic E-state index is -0.591. The van der Waals surface area contributed by atoms with Crippen LogP contribution in [0.15, 0.2) is 18.2 Å². The van der Waals surface area contributed by atoms with Crippen LogP contribution in [-0.4, -0.2) is 54.5 Å². The summed E-state index contributed by atoms with van der Waals surface area (Å²) < 4.78 is 11.3. The van der Waals surface area contributed by atoms with Crippen LogP contribution >= 0.6 is 0 Å². The first-order chi connectivity index (χ1) is 14.1. The molecule has 1 aliphatic carbocycles. The lowest BCUT2D eigenvalue weighted by Crippen LogP contribution is -2.58. The van der Waals surface area contributed by atoms with Gasteiger partial charge in [0.15, 0.2) is 11.5 Å². The van der Waals surface area contributed by atoms with Gasteiger partial charge in [0, 0.05) is 12.6 Å². The Morgan fingerprint density at radius 3 is 2.45 bits per heavy atom. The topological polar surface area (TPSA) is 59.1 Å². The van der Waals surface area contributed by atoms with E-state index in [1.807, 2.05) is 30.0 Å². The molecular formula is C23H34N2O4. The zero-order valence-corrected chi connectivity index (χ0v) is 18.0. The minimum absolute atomic E-state index is 0.0345. The predicted octanol–water partition coefficient (Wildman–Crippen LogP) is 3.94. The SMILES string of the molecule is CCCOc1ccc([C@H]2C(=O)N(C3CCCCC3)CC(=O)N2CCC)cc1OC. The largest absolute Gasteiger partial charge is 0.493 e. The number of piperazine rings is 1. The Labute approximate surface area is 174 Å². The van der Waals surface area contributed by atoms with Crippen molar-refractivity contribution in [1.82, 2.24) is 9.80 Å². The highest BCUT2D eigenvalue weighted by atomic mass is 16.5. The van der Waals surface area contributed by atoms with E-state index in [1.165, 1.54) is 6.42 Å². The normalized spacial score (nSPS) is 20.9. The number of rotatable bonds is 8. The van der Waals surface area contributed by atoms with E-state index in [-0.39, 0.29) is 24.4 Å². The second kappa shape index (κ2) is 9.99. The Balaban J connectivity index is 1.93.